The summed E-state index contributed by atoms with van der Waals surface area (Å²) in [5.41, 5.74) is 0.695. The van der Waals surface area contributed by atoms with Crippen LogP contribution in [0.3, 0.4) is 0 Å². The molecule has 0 atom stereocenters. The lowest BCUT2D eigenvalue weighted by Crippen LogP contribution is -2.57. The molecule has 3 rings (SSSR count). The summed E-state index contributed by atoms with van der Waals surface area (Å²) in [6, 6.07) is 8.60. The van der Waals surface area contributed by atoms with Crippen molar-refractivity contribution >= 4 is 30.0 Å². The lowest BCUT2D eigenvalue weighted by Gasteiger charge is -2.34. The van der Waals surface area contributed by atoms with Crippen molar-refractivity contribution < 1.29 is 19.2 Å². The molecule has 154 valence electrons. The molecule has 29 heavy (non-hydrogen) atoms. The Morgan fingerprint density at radius 2 is 1.59 bits per heavy atom. The van der Waals surface area contributed by atoms with Crippen molar-refractivity contribution in [2.24, 2.45) is 10.9 Å². The Bertz CT molecular complexity index is 793. The molecule has 1 aromatic rings. The van der Waals surface area contributed by atoms with Crippen LogP contribution in [0.1, 0.15) is 10.4 Å². The maximum absolute atomic E-state index is 12.5. The Morgan fingerprint density at radius 1 is 1.00 bits per heavy atom. The van der Waals surface area contributed by atoms with Gasteiger partial charge in [0.15, 0.2) is 5.92 Å². The highest BCUT2D eigenvalue weighted by molar-refractivity contribution is 6.23. The minimum Gasteiger partial charge on any atom is -0.336 e. The minimum atomic E-state index is -1.05. The quantitative estimate of drug-likeness (QED) is 0.520. The lowest BCUT2D eigenvalue weighted by atomic mass is 10.1. The third-order valence-corrected chi connectivity index (χ3v) is 5.25. The van der Waals surface area contributed by atoms with Crippen molar-refractivity contribution in [3.8, 4) is 0 Å². The number of amides is 5. The number of barbiturate groups is 1. The van der Waals surface area contributed by atoms with Gasteiger partial charge in [0.1, 0.15) is 0 Å². The van der Waals surface area contributed by atoms with Gasteiger partial charge in [-0.1, -0.05) is 18.2 Å². The Morgan fingerprint density at radius 3 is 2.17 bits per heavy atom. The van der Waals surface area contributed by atoms with Gasteiger partial charge in [0, 0.05) is 58.6 Å². The number of hydrogen-bond donors (Lipinski definition) is 0. The Labute approximate surface area is 169 Å². The Hall–Kier alpha value is -3.07. The number of urea groups is 1. The summed E-state index contributed by atoms with van der Waals surface area (Å²) in [6.45, 7) is 3.89. The van der Waals surface area contributed by atoms with Crippen molar-refractivity contribution in [2.45, 2.75) is 0 Å². The van der Waals surface area contributed by atoms with Gasteiger partial charge in [-0.05, 0) is 12.1 Å². The number of rotatable bonds is 5. The molecular weight excluding hydrogens is 374 g/mol. The van der Waals surface area contributed by atoms with E-state index in [-0.39, 0.29) is 5.91 Å². The second-order valence-corrected chi connectivity index (χ2v) is 7.11. The SMILES string of the molecule is CN1C(=O)C(C=NCCN2CCN(C(=O)c3ccccc3)CC2)C(=O)N(C)C1=O. The number of piperazine rings is 1. The number of benzene rings is 1. The number of carbonyl (C=O) groups excluding carboxylic acids is 4. The molecule has 0 N–H and O–H groups in total. The van der Waals surface area contributed by atoms with E-state index in [1.807, 2.05) is 35.2 Å². The van der Waals surface area contributed by atoms with Crippen molar-refractivity contribution in [2.75, 3.05) is 53.4 Å². The molecule has 1 aromatic carbocycles. The smallest absolute Gasteiger partial charge is 0.332 e. The molecule has 9 nitrogen and oxygen atoms in total. The van der Waals surface area contributed by atoms with Gasteiger partial charge in [-0.3, -0.25) is 34.1 Å². The van der Waals surface area contributed by atoms with E-state index in [1.165, 1.54) is 20.3 Å². The summed E-state index contributed by atoms with van der Waals surface area (Å²) in [7, 11) is 2.70. The summed E-state index contributed by atoms with van der Waals surface area (Å²) < 4.78 is 0. The van der Waals surface area contributed by atoms with E-state index in [4.69, 9.17) is 0 Å². The van der Waals surface area contributed by atoms with Crippen LogP contribution in [-0.2, 0) is 9.59 Å². The first kappa shape index (κ1) is 20.7. The maximum Gasteiger partial charge on any atom is 0.332 e. The second-order valence-electron chi connectivity index (χ2n) is 7.11. The molecule has 2 heterocycles. The summed E-state index contributed by atoms with van der Waals surface area (Å²) in [4.78, 5) is 58.6. The Kier molecular flexibility index (Phi) is 6.38. The summed E-state index contributed by atoms with van der Waals surface area (Å²) in [6.07, 6.45) is 1.33. The minimum absolute atomic E-state index is 0.0420. The molecule has 9 heteroatoms. The van der Waals surface area contributed by atoms with Crippen LogP contribution < -0.4 is 0 Å². The van der Waals surface area contributed by atoms with Crippen LogP contribution in [0.4, 0.5) is 4.79 Å². The second kappa shape index (κ2) is 8.95. The van der Waals surface area contributed by atoms with E-state index in [0.717, 1.165) is 22.9 Å². The lowest BCUT2D eigenvalue weighted by molar-refractivity contribution is -0.144. The monoisotopic (exact) mass is 399 g/mol. The van der Waals surface area contributed by atoms with E-state index in [2.05, 4.69) is 9.89 Å². The van der Waals surface area contributed by atoms with Gasteiger partial charge in [0.25, 0.3) is 5.91 Å². The van der Waals surface area contributed by atoms with E-state index in [0.29, 0.717) is 31.7 Å². The molecule has 0 bridgehead atoms. The number of imide groups is 2. The topological polar surface area (TPSA) is 93.6 Å². The standard InChI is InChI=1S/C20H25N5O4/c1-22-18(27)16(19(28)23(2)20(22)29)14-21-8-9-24-10-12-25(13-11-24)17(26)15-6-4-3-5-7-15/h3-7,14,16H,8-13H2,1-2H3. The van der Waals surface area contributed by atoms with Crippen molar-refractivity contribution in [3.05, 3.63) is 35.9 Å². The highest BCUT2D eigenvalue weighted by Gasteiger charge is 2.41. The predicted molar refractivity (Wildman–Crippen MR) is 107 cm³/mol. The first-order chi connectivity index (χ1) is 13.9. The molecule has 0 aliphatic carbocycles. The van der Waals surface area contributed by atoms with Gasteiger partial charge in [0.05, 0.1) is 6.54 Å². The molecule has 2 fully saturated rings. The number of carbonyl (C=O) groups is 4. The average Bonchev–Trinajstić information content (AvgIpc) is 2.76. The fourth-order valence-corrected chi connectivity index (χ4v) is 3.38. The summed E-state index contributed by atoms with van der Waals surface area (Å²) in [5, 5.41) is 0. The fourth-order valence-electron chi connectivity index (χ4n) is 3.38. The Balaban J connectivity index is 1.45. The normalized spacial score (nSPS) is 19.5. The third-order valence-electron chi connectivity index (χ3n) is 5.25. The molecule has 0 radical (unpaired) electrons. The average molecular weight is 399 g/mol. The van der Waals surface area contributed by atoms with Gasteiger partial charge in [-0.2, -0.15) is 0 Å². The number of hydrogen-bond acceptors (Lipinski definition) is 6. The highest BCUT2D eigenvalue weighted by Crippen LogP contribution is 2.13. The van der Waals surface area contributed by atoms with Gasteiger partial charge >= 0.3 is 6.03 Å². The van der Waals surface area contributed by atoms with Crippen LogP contribution in [0.15, 0.2) is 35.3 Å². The van der Waals surface area contributed by atoms with Crippen molar-refractivity contribution in [1.29, 1.82) is 0 Å². The molecule has 0 aromatic heterocycles. The summed E-state index contributed by atoms with van der Waals surface area (Å²) >= 11 is 0. The molecule has 2 aliphatic rings. The number of aliphatic imine (C=N–C) groups is 1. The third kappa shape index (κ3) is 4.51. The van der Waals surface area contributed by atoms with Crippen LogP contribution in [0, 0.1) is 5.92 Å². The molecule has 2 saturated heterocycles. The van der Waals surface area contributed by atoms with Crippen LogP contribution in [0.5, 0.6) is 0 Å². The van der Waals surface area contributed by atoms with Crippen LogP contribution >= 0.6 is 0 Å². The zero-order valence-electron chi connectivity index (χ0n) is 16.7. The van der Waals surface area contributed by atoms with E-state index in [9.17, 15) is 19.2 Å². The van der Waals surface area contributed by atoms with Gasteiger partial charge < -0.3 is 4.90 Å². The van der Waals surface area contributed by atoms with E-state index < -0.39 is 23.8 Å². The molecule has 0 saturated carbocycles. The van der Waals surface area contributed by atoms with Gasteiger partial charge in [0.2, 0.25) is 11.8 Å². The van der Waals surface area contributed by atoms with E-state index in [1.54, 1.807) is 0 Å². The molecule has 0 unspecified atom stereocenters. The molecule has 5 amide bonds. The first-order valence-corrected chi connectivity index (χ1v) is 9.56. The van der Waals surface area contributed by atoms with Crippen LogP contribution in [0.25, 0.3) is 0 Å². The van der Waals surface area contributed by atoms with Crippen molar-refractivity contribution in [3.63, 3.8) is 0 Å². The zero-order chi connectivity index (χ0) is 21.0. The van der Waals surface area contributed by atoms with Gasteiger partial charge in [-0.15, -0.1) is 0 Å². The van der Waals surface area contributed by atoms with Crippen LogP contribution in [0.2, 0.25) is 0 Å². The number of nitrogens with zero attached hydrogens (tertiary/aromatic N) is 5. The molecule has 2 aliphatic heterocycles. The maximum atomic E-state index is 12.5. The van der Waals surface area contributed by atoms with Gasteiger partial charge in [-0.25, -0.2) is 4.79 Å². The molecule has 0 spiro atoms. The molecular formula is C20H25N5O4. The van der Waals surface area contributed by atoms with Crippen molar-refractivity contribution in [1.82, 2.24) is 19.6 Å². The zero-order valence-corrected chi connectivity index (χ0v) is 16.7. The predicted octanol–water partition coefficient (Wildman–Crippen LogP) is 0.182. The fraction of sp³-hybridized carbons (Fsp3) is 0.450. The summed E-state index contributed by atoms with van der Waals surface area (Å²) in [5.74, 6) is -2.13. The van der Waals surface area contributed by atoms with E-state index >= 15 is 0 Å². The first-order valence-electron chi connectivity index (χ1n) is 9.56. The highest BCUT2D eigenvalue weighted by atomic mass is 16.2. The van der Waals surface area contributed by atoms with Crippen LogP contribution in [-0.4, -0.2) is 103 Å². The largest absolute Gasteiger partial charge is 0.336 e.